The average molecular weight is 283 g/mol. The molecule has 4 nitrogen and oxygen atoms in total. The second kappa shape index (κ2) is 5.24. The van der Waals surface area contributed by atoms with E-state index in [1.807, 2.05) is 0 Å². The molecule has 2 rings (SSSR count). The Morgan fingerprint density at radius 2 is 2.06 bits per heavy atom. The van der Waals surface area contributed by atoms with Gasteiger partial charge in [0.25, 0.3) is 0 Å². The van der Waals surface area contributed by atoms with E-state index in [0.717, 1.165) is 0 Å². The highest BCUT2D eigenvalue weighted by molar-refractivity contribution is 7.80. The lowest BCUT2D eigenvalue weighted by molar-refractivity contribution is 0.632. The molecule has 1 heterocycles. The monoisotopic (exact) mass is 282 g/mol. The van der Waals surface area contributed by atoms with E-state index in [-0.39, 0.29) is 10.7 Å². The Morgan fingerprint density at radius 1 is 1.33 bits per heavy atom. The zero-order valence-corrected chi connectivity index (χ0v) is 10.6. The number of hydrogen-bond donors (Lipinski definition) is 2. The lowest BCUT2D eigenvalue weighted by Crippen LogP contribution is -2.15. The number of nitrogens with one attached hydrogen (secondary N) is 1. The molecule has 0 saturated carbocycles. The lowest BCUT2D eigenvalue weighted by atomic mass is 10.3. The molecule has 0 aliphatic carbocycles. The van der Waals surface area contributed by atoms with Gasteiger partial charge in [-0.2, -0.15) is 0 Å². The van der Waals surface area contributed by atoms with E-state index in [0.29, 0.717) is 16.5 Å². The Kier molecular flexibility index (Phi) is 3.69. The van der Waals surface area contributed by atoms with Gasteiger partial charge in [-0.25, -0.2) is 14.4 Å². The topological polar surface area (TPSA) is 63.8 Å². The molecule has 0 aliphatic heterocycles. The first kappa shape index (κ1) is 12.7. The van der Waals surface area contributed by atoms with Crippen LogP contribution in [-0.2, 0) is 0 Å². The van der Waals surface area contributed by atoms with Crippen LogP contribution in [0.2, 0.25) is 5.02 Å². The number of thiocarbonyl (C=S) groups is 1. The molecule has 0 atom stereocenters. The summed E-state index contributed by atoms with van der Waals surface area (Å²) >= 11 is 10.5. The number of halogens is 2. The molecule has 0 amide bonds. The number of aromatic nitrogens is 2. The highest BCUT2D eigenvalue weighted by Gasteiger charge is 2.10. The molecule has 3 N–H and O–H groups in total. The minimum atomic E-state index is -0.498. The van der Waals surface area contributed by atoms with Gasteiger partial charge in [-0.15, -0.1) is 0 Å². The van der Waals surface area contributed by atoms with Crippen LogP contribution in [0.15, 0.2) is 30.6 Å². The standard InChI is InChI=1S/C11H8ClFN4S/c12-6-1-2-8(7(13)5-6)17-11-9(10(14)18)15-3-4-16-11/h1-5H,(H2,14,18)(H,16,17). The summed E-state index contributed by atoms with van der Waals surface area (Å²) in [6.45, 7) is 0. The van der Waals surface area contributed by atoms with Crippen LogP contribution in [0, 0.1) is 5.82 Å². The molecule has 0 bridgehead atoms. The van der Waals surface area contributed by atoms with E-state index < -0.39 is 5.82 Å². The maximum absolute atomic E-state index is 13.6. The van der Waals surface area contributed by atoms with Crippen LogP contribution in [0.5, 0.6) is 0 Å². The summed E-state index contributed by atoms with van der Waals surface area (Å²) in [5.41, 5.74) is 6.03. The van der Waals surface area contributed by atoms with Crippen molar-refractivity contribution in [1.82, 2.24) is 9.97 Å². The van der Waals surface area contributed by atoms with Crippen LogP contribution in [-0.4, -0.2) is 15.0 Å². The van der Waals surface area contributed by atoms with E-state index in [1.54, 1.807) is 6.07 Å². The molecule has 1 aromatic heterocycles. The number of anilines is 2. The van der Waals surface area contributed by atoms with Gasteiger partial charge in [-0.3, -0.25) is 0 Å². The SMILES string of the molecule is NC(=S)c1nccnc1Nc1ccc(Cl)cc1F. The predicted octanol–water partition coefficient (Wildman–Crippen LogP) is 2.65. The molecule has 0 aliphatic rings. The van der Waals surface area contributed by atoms with Crippen molar-refractivity contribution in [3.63, 3.8) is 0 Å². The summed E-state index contributed by atoms with van der Waals surface area (Å²) < 4.78 is 13.6. The first-order valence-electron chi connectivity index (χ1n) is 4.91. The molecule has 0 radical (unpaired) electrons. The number of benzene rings is 1. The van der Waals surface area contributed by atoms with Gasteiger partial charge >= 0.3 is 0 Å². The maximum Gasteiger partial charge on any atom is 0.159 e. The molecule has 18 heavy (non-hydrogen) atoms. The maximum atomic E-state index is 13.6. The van der Waals surface area contributed by atoms with Crippen LogP contribution in [0.1, 0.15) is 5.69 Å². The van der Waals surface area contributed by atoms with E-state index >= 15 is 0 Å². The van der Waals surface area contributed by atoms with Crippen LogP contribution in [0.25, 0.3) is 0 Å². The molecule has 0 spiro atoms. The summed E-state index contributed by atoms with van der Waals surface area (Å²) in [7, 11) is 0. The van der Waals surface area contributed by atoms with Crippen LogP contribution in [0.3, 0.4) is 0 Å². The average Bonchev–Trinajstić information content (AvgIpc) is 2.33. The molecule has 1 aromatic carbocycles. The molecule has 7 heteroatoms. The van der Waals surface area contributed by atoms with Crippen molar-refractivity contribution >= 4 is 40.3 Å². The molecule has 0 fully saturated rings. The third-order valence-electron chi connectivity index (χ3n) is 2.12. The van der Waals surface area contributed by atoms with Crippen molar-refractivity contribution in [3.05, 3.63) is 47.1 Å². The van der Waals surface area contributed by atoms with Gasteiger partial charge in [-0.05, 0) is 18.2 Å². The van der Waals surface area contributed by atoms with Crippen LogP contribution >= 0.6 is 23.8 Å². The Labute approximate surface area is 113 Å². The highest BCUT2D eigenvalue weighted by atomic mass is 35.5. The van der Waals surface area contributed by atoms with Crippen LogP contribution in [0.4, 0.5) is 15.9 Å². The highest BCUT2D eigenvalue weighted by Crippen LogP contribution is 2.22. The summed E-state index contributed by atoms with van der Waals surface area (Å²) in [5.74, 6) is -0.201. The summed E-state index contributed by atoms with van der Waals surface area (Å²) in [4.78, 5) is 8.08. The third kappa shape index (κ3) is 2.72. The summed E-state index contributed by atoms with van der Waals surface area (Å²) in [6.07, 6.45) is 2.91. The first-order valence-corrected chi connectivity index (χ1v) is 5.69. The first-order chi connectivity index (χ1) is 8.58. The van der Waals surface area contributed by atoms with E-state index in [2.05, 4.69) is 15.3 Å². The van der Waals surface area contributed by atoms with Gasteiger partial charge in [0.15, 0.2) is 5.82 Å². The minimum Gasteiger partial charge on any atom is -0.388 e. The number of rotatable bonds is 3. The van der Waals surface area contributed by atoms with Crippen molar-refractivity contribution in [2.24, 2.45) is 5.73 Å². The zero-order chi connectivity index (χ0) is 13.1. The van der Waals surface area contributed by atoms with Crippen molar-refractivity contribution in [2.75, 3.05) is 5.32 Å². The van der Waals surface area contributed by atoms with Crippen LogP contribution < -0.4 is 11.1 Å². The quantitative estimate of drug-likeness (QED) is 0.848. The predicted molar refractivity (Wildman–Crippen MR) is 72.6 cm³/mol. The summed E-state index contributed by atoms with van der Waals surface area (Å²) in [6, 6.07) is 4.25. The second-order valence-corrected chi connectivity index (χ2v) is 4.24. The van der Waals surface area contributed by atoms with Crippen molar-refractivity contribution in [3.8, 4) is 0 Å². The number of nitrogens with zero attached hydrogens (tertiary/aromatic N) is 2. The molecular weight excluding hydrogens is 275 g/mol. The lowest BCUT2D eigenvalue weighted by Gasteiger charge is -2.09. The molecule has 2 aromatic rings. The normalized spacial score (nSPS) is 10.1. The molecule has 92 valence electrons. The zero-order valence-electron chi connectivity index (χ0n) is 9.02. The third-order valence-corrected chi connectivity index (χ3v) is 2.54. The Morgan fingerprint density at radius 3 is 2.72 bits per heavy atom. The summed E-state index contributed by atoms with van der Waals surface area (Å²) in [5, 5.41) is 3.09. The van der Waals surface area contributed by atoms with Crippen molar-refractivity contribution < 1.29 is 4.39 Å². The largest absolute Gasteiger partial charge is 0.388 e. The van der Waals surface area contributed by atoms with Gasteiger partial charge in [0.1, 0.15) is 16.5 Å². The van der Waals surface area contributed by atoms with Crippen molar-refractivity contribution in [1.29, 1.82) is 0 Å². The Bertz CT molecular complexity index is 605. The van der Waals surface area contributed by atoms with E-state index in [1.165, 1.54) is 24.5 Å². The minimum absolute atomic E-state index is 0.0833. The van der Waals surface area contributed by atoms with Gasteiger partial charge in [0.2, 0.25) is 0 Å². The van der Waals surface area contributed by atoms with E-state index in [4.69, 9.17) is 29.6 Å². The van der Waals surface area contributed by atoms with Crippen molar-refractivity contribution in [2.45, 2.75) is 0 Å². The number of nitrogens with two attached hydrogens (primary N) is 1. The Balaban J connectivity index is 2.37. The molecular formula is C11H8ClFN4S. The van der Waals surface area contributed by atoms with Gasteiger partial charge in [0, 0.05) is 17.4 Å². The fourth-order valence-corrected chi connectivity index (χ4v) is 1.64. The number of hydrogen-bond acceptors (Lipinski definition) is 4. The van der Waals surface area contributed by atoms with Gasteiger partial charge in [0.05, 0.1) is 5.69 Å². The Hall–Kier alpha value is -1.79. The molecule has 0 unspecified atom stereocenters. The fraction of sp³-hybridized carbons (Fsp3) is 0. The fourth-order valence-electron chi connectivity index (χ4n) is 1.33. The molecule has 0 saturated heterocycles. The second-order valence-electron chi connectivity index (χ2n) is 3.37. The smallest absolute Gasteiger partial charge is 0.159 e. The van der Waals surface area contributed by atoms with Gasteiger partial charge < -0.3 is 11.1 Å². The van der Waals surface area contributed by atoms with E-state index in [9.17, 15) is 4.39 Å². The van der Waals surface area contributed by atoms with Gasteiger partial charge in [-0.1, -0.05) is 23.8 Å².